The van der Waals surface area contributed by atoms with Crippen LogP contribution in [0.25, 0.3) is 0 Å². The van der Waals surface area contributed by atoms with Crippen LogP contribution >= 0.6 is 0 Å². The minimum atomic E-state index is -3.60. The quantitative estimate of drug-likeness (QED) is 0.856. The monoisotopic (exact) mass is 364 g/mol. The lowest BCUT2D eigenvalue weighted by Gasteiger charge is -2.29. The summed E-state index contributed by atoms with van der Waals surface area (Å²) < 4.78 is 27.3. The van der Waals surface area contributed by atoms with Crippen molar-refractivity contribution in [1.82, 2.24) is 10.0 Å². The Morgan fingerprint density at radius 2 is 1.52 bits per heavy atom. The SMILES string of the molecule is O=C(NC1CCCCC1)NS(=O)(=O)C1CCC(c2ccccc2)CC1. The fraction of sp³-hybridized carbons (Fsp3) is 0.632. The van der Waals surface area contributed by atoms with Crippen molar-refractivity contribution in [3.8, 4) is 0 Å². The van der Waals surface area contributed by atoms with Gasteiger partial charge in [0.2, 0.25) is 10.0 Å². The van der Waals surface area contributed by atoms with E-state index in [1.54, 1.807) is 0 Å². The smallest absolute Gasteiger partial charge is 0.328 e. The fourth-order valence-electron chi connectivity index (χ4n) is 4.11. The first-order valence-electron chi connectivity index (χ1n) is 9.41. The molecule has 2 aliphatic rings. The summed E-state index contributed by atoms with van der Waals surface area (Å²) in [7, 11) is -3.60. The van der Waals surface area contributed by atoms with Gasteiger partial charge in [0.25, 0.3) is 0 Å². The maximum Gasteiger partial charge on any atom is 0.328 e. The third-order valence-electron chi connectivity index (χ3n) is 5.56. The minimum absolute atomic E-state index is 0.109. The van der Waals surface area contributed by atoms with E-state index in [0.717, 1.165) is 38.5 Å². The van der Waals surface area contributed by atoms with Crippen LogP contribution in [0.2, 0.25) is 0 Å². The van der Waals surface area contributed by atoms with Crippen molar-refractivity contribution < 1.29 is 13.2 Å². The first-order chi connectivity index (χ1) is 12.0. The summed E-state index contributed by atoms with van der Waals surface area (Å²) >= 11 is 0. The standard InChI is InChI=1S/C19H28N2O3S/c22-19(20-17-9-5-2-6-10-17)21-25(23,24)18-13-11-16(12-14-18)15-7-3-1-4-8-15/h1,3-4,7-8,16-18H,2,5-6,9-14H2,(H2,20,21,22). The normalized spacial score (nSPS) is 25.3. The number of amides is 2. The van der Waals surface area contributed by atoms with E-state index in [1.807, 2.05) is 18.2 Å². The van der Waals surface area contributed by atoms with E-state index in [0.29, 0.717) is 18.8 Å². The Hall–Kier alpha value is -1.56. The average Bonchev–Trinajstić information content (AvgIpc) is 2.63. The van der Waals surface area contributed by atoms with Gasteiger partial charge >= 0.3 is 6.03 Å². The molecule has 0 spiro atoms. The number of rotatable bonds is 4. The zero-order valence-electron chi connectivity index (χ0n) is 14.6. The largest absolute Gasteiger partial charge is 0.335 e. The highest BCUT2D eigenvalue weighted by Gasteiger charge is 2.32. The predicted octanol–water partition coefficient (Wildman–Crippen LogP) is 3.67. The number of benzene rings is 1. The van der Waals surface area contributed by atoms with Crippen LogP contribution in [0.1, 0.15) is 69.3 Å². The third-order valence-corrected chi connectivity index (χ3v) is 7.38. The van der Waals surface area contributed by atoms with E-state index < -0.39 is 21.3 Å². The molecule has 0 bridgehead atoms. The van der Waals surface area contributed by atoms with Gasteiger partial charge in [0.15, 0.2) is 0 Å². The summed E-state index contributed by atoms with van der Waals surface area (Å²) in [6, 6.07) is 9.80. The number of carbonyl (C=O) groups excluding carboxylic acids is 1. The van der Waals surface area contributed by atoms with Crippen molar-refractivity contribution in [2.24, 2.45) is 0 Å². The van der Waals surface area contributed by atoms with E-state index in [9.17, 15) is 13.2 Å². The van der Waals surface area contributed by atoms with Crippen molar-refractivity contribution in [2.75, 3.05) is 0 Å². The van der Waals surface area contributed by atoms with Gasteiger partial charge in [0.1, 0.15) is 0 Å². The van der Waals surface area contributed by atoms with Crippen LogP contribution in [-0.4, -0.2) is 25.7 Å². The van der Waals surface area contributed by atoms with Gasteiger partial charge in [-0.3, -0.25) is 0 Å². The molecule has 0 saturated heterocycles. The number of hydrogen-bond acceptors (Lipinski definition) is 3. The highest BCUT2D eigenvalue weighted by Crippen LogP contribution is 2.35. The Balaban J connectivity index is 1.50. The van der Waals surface area contributed by atoms with Crippen molar-refractivity contribution in [3.05, 3.63) is 35.9 Å². The van der Waals surface area contributed by atoms with Crippen LogP contribution in [0.5, 0.6) is 0 Å². The summed E-state index contributed by atoms with van der Waals surface area (Å²) in [5.74, 6) is 0.420. The van der Waals surface area contributed by atoms with Crippen LogP contribution in [0.15, 0.2) is 30.3 Å². The van der Waals surface area contributed by atoms with Crippen molar-refractivity contribution in [1.29, 1.82) is 0 Å². The van der Waals surface area contributed by atoms with Crippen molar-refractivity contribution in [2.45, 2.75) is 75.0 Å². The maximum absolute atomic E-state index is 12.5. The molecule has 2 saturated carbocycles. The summed E-state index contributed by atoms with van der Waals surface area (Å²) in [4.78, 5) is 12.1. The molecule has 6 heteroatoms. The van der Waals surface area contributed by atoms with E-state index in [4.69, 9.17) is 0 Å². The zero-order valence-corrected chi connectivity index (χ0v) is 15.4. The van der Waals surface area contributed by atoms with Crippen LogP contribution in [0.4, 0.5) is 4.79 Å². The number of hydrogen-bond donors (Lipinski definition) is 2. The Labute approximate surface area is 150 Å². The van der Waals surface area contributed by atoms with Gasteiger partial charge in [-0.1, -0.05) is 49.6 Å². The molecule has 2 aliphatic carbocycles. The van der Waals surface area contributed by atoms with Crippen LogP contribution < -0.4 is 10.0 Å². The van der Waals surface area contributed by atoms with Gasteiger partial charge in [-0.05, 0) is 50.0 Å². The molecule has 1 aromatic rings. The minimum Gasteiger partial charge on any atom is -0.335 e. The van der Waals surface area contributed by atoms with Crippen molar-refractivity contribution >= 4 is 16.1 Å². The van der Waals surface area contributed by atoms with E-state index >= 15 is 0 Å². The molecule has 1 aromatic carbocycles. The van der Waals surface area contributed by atoms with Crippen molar-refractivity contribution in [3.63, 3.8) is 0 Å². The lowest BCUT2D eigenvalue weighted by atomic mass is 9.84. The molecule has 2 N–H and O–H groups in total. The first kappa shape index (κ1) is 18.2. The predicted molar refractivity (Wildman–Crippen MR) is 98.9 cm³/mol. The molecule has 0 heterocycles. The maximum atomic E-state index is 12.5. The summed E-state index contributed by atoms with van der Waals surface area (Å²) in [5, 5.41) is 2.35. The summed E-state index contributed by atoms with van der Waals surface area (Å²) in [6.07, 6.45) is 8.17. The molecule has 25 heavy (non-hydrogen) atoms. The van der Waals surface area contributed by atoms with Gasteiger partial charge in [0.05, 0.1) is 5.25 Å². The van der Waals surface area contributed by atoms with Gasteiger partial charge in [-0.15, -0.1) is 0 Å². The topological polar surface area (TPSA) is 75.3 Å². The Morgan fingerprint density at radius 3 is 2.16 bits per heavy atom. The Morgan fingerprint density at radius 1 is 0.880 bits per heavy atom. The molecule has 0 radical (unpaired) electrons. The molecule has 5 nitrogen and oxygen atoms in total. The molecule has 0 aromatic heterocycles. The second-order valence-electron chi connectivity index (χ2n) is 7.34. The van der Waals surface area contributed by atoms with Gasteiger partial charge < -0.3 is 5.32 Å². The summed E-state index contributed by atoms with van der Waals surface area (Å²) in [6.45, 7) is 0. The highest BCUT2D eigenvalue weighted by molar-refractivity contribution is 7.90. The van der Waals surface area contributed by atoms with E-state index in [2.05, 4.69) is 22.2 Å². The number of urea groups is 1. The molecular formula is C19H28N2O3S. The summed E-state index contributed by atoms with van der Waals surface area (Å²) in [5.41, 5.74) is 1.28. The molecule has 0 atom stereocenters. The molecular weight excluding hydrogens is 336 g/mol. The number of carbonyl (C=O) groups is 1. The average molecular weight is 365 g/mol. The molecule has 2 amide bonds. The van der Waals surface area contributed by atoms with Crippen LogP contribution in [-0.2, 0) is 10.0 Å². The molecule has 2 fully saturated rings. The second-order valence-corrected chi connectivity index (χ2v) is 9.30. The lowest BCUT2D eigenvalue weighted by Crippen LogP contribution is -2.48. The highest BCUT2D eigenvalue weighted by atomic mass is 32.2. The van der Waals surface area contributed by atoms with E-state index in [-0.39, 0.29) is 6.04 Å². The van der Waals surface area contributed by atoms with E-state index in [1.165, 1.54) is 12.0 Å². The van der Waals surface area contributed by atoms with Crippen LogP contribution in [0, 0.1) is 0 Å². The Bertz CT molecular complexity index is 661. The van der Waals surface area contributed by atoms with Gasteiger partial charge in [-0.2, -0.15) is 0 Å². The molecule has 0 unspecified atom stereocenters. The third kappa shape index (κ3) is 4.97. The van der Waals surface area contributed by atoms with Gasteiger partial charge in [0, 0.05) is 6.04 Å². The Kier molecular flexibility index (Phi) is 5.99. The fourth-order valence-corrected chi connectivity index (χ4v) is 5.48. The zero-order chi connectivity index (χ0) is 17.7. The number of nitrogens with one attached hydrogen (secondary N) is 2. The van der Waals surface area contributed by atoms with Crippen LogP contribution in [0.3, 0.4) is 0 Å². The molecule has 3 rings (SSSR count). The van der Waals surface area contributed by atoms with Gasteiger partial charge in [-0.25, -0.2) is 17.9 Å². The second kappa shape index (κ2) is 8.21. The molecule has 138 valence electrons. The number of sulfonamides is 1. The first-order valence-corrected chi connectivity index (χ1v) is 11.0. The lowest BCUT2D eigenvalue weighted by molar-refractivity contribution is 0.237. The molecule has 0 aliphatic heterocycles.